The molecule has 0 aliphatic carbocycles. The summed E-state index contributed by atoms with van der Waals surface area (Å²) >= 11 is 9.40. The number of guanidine groups is 1. The Hall–Kier alpha value is -5.60. The first-order valence-electron chi connectivity index (χ1n) is 21.0. The van der Waals surface area contributed by atoms with Crippen molar-refractivity contribution in [3.05, 3.63) is 35.9 Å². The number of thiol groups is 2. The van der Waals surface area contributed by atoms with E-state index in [0.717, 1.165) is 11.8 Å². The van der Waals surface area contributed by atoms with Crippen LogP contribution in [0.1, 0.15) is 51.0 Å². The Labute approximate surface area is 397 Å². The van der Waals surface area contributed by atoms with E-state index in [1.807, 2.05) is 0 Å². The summed E-state index contributed by atoms with van der Waals surface area (Å²) in [5.74, 6) is -10.0. The van der Waals surface area contributed by atoms with E-state index in [4.69, 9.17) is 11.5 Å². The minimum absolute atomic E-state index is 0.0512. The number of nitrogens with two attached hydrogens (primary N) is 2. The number of Topliss-reactive ketones (excluding diaryl/α,β-unsaturated/α-hetero) is 1. The van der Waals surface area contributed by atoms with Crippen LogP contribution in [0, 0.1) is 0 Å². The monoisotopic (exact) mass is 982 g/mol. The normalized spacial score (nSPS) is 23.8. The smallest absolute Gasteiger partial charge is 0.305 e. The van der Waals surface area contributed by atoms with Gasteiger partial charge in [0.05, 0.1) is 24.8 Å². The zero-order valence-corrected chi connectivity index (χ0v) is 39.4. The van der Waals surface area contributed by atoms with Crippen LogP contribution in [-0.2, 0) is 54.4 Å². The second kappa shape index (κ2) is 30.6. The van der Waals surface area contributed by atoms with Gasteiger partial charge in [-0.25, -0.2) is 0 Å². The molecule has 1 aromatic carbocycles. The van der Waals surface area contributed by atoms with Crippen molar-refractivity contribution in [1.82, 2.24) is 47.9 Å². The highest BCUT2D eigenvalue weighted by atomic mass is 32.2. The van der Waals surface area contributed by atoms with Crippen LogP contribution in [-0.4, -0.2) is 162 Å². The molecule has 1 aliphatic heterocycles. The Balaban J connectivity index is 2.56. The Morgan fingerprint density at radius 3 is 1.82 bits per heavy atom. The van der Waals surface area contributed by atoms with Gasteiger partial charge in [0, 0.05) is 30.2 Å². The number of carboxylic acid groups (broad SMARTS) is 1. The number of ketones is 1. The number of aliphatic carboxylic acids is 1. The Bertz CT molecular complexity index is 1880. The molecule has 8 amide bonds. The first kappa shape index (κ1) is 56.5. The SMILES string of the molecule is CNCCCC[C@@H]1NC(=O)CSC[C@@H](C(C)=O)NC(=O)[C@H](Cc2ccccc2)NC(=O)[C@H](CS)NC(=O)[C@H](CC(=O)O)NC(=O)CNC(=O)[C@H](CCCN=C(N)N)NC(=O)[C@H](CS)NC1=O. The third-order valence-corrected chi connectivity index (χ3v) is 11.5. The lowest BCUT2D eigenvalue weighted by Crippen LogP contribution is -2.59. The molecule has 1 heterocycles. The summed E-state index contributed by atoms with van der Waals surface area (Å²) in [6.07, 6.45) is 0.374. The molecule has 26 heteroatoms. The van der Waals surface area contributed by atoms with Crippen molar-refractivity contribution in [2.24, 2.45) is 16.5 Å². The number of carbonyl (C=O) groups excluding carboxylic acids is 9. The molecular formula is C40H62N12O11S3. The molecule has 1 fully saturated rings. The average molecular weight is 983 g/mol. The van der Waals surface area contributed by atoms with Crippen molar-refractivity contribution in [3.8, 4) is 0 Å². The molecule has 0 unspecified atom stereocenters. The summed E-state index contributed by atoms with van der Waals surface area (Å²) < 4.78 is 0. The van der Waals surface area contributed by atoms with E-state index >= 15 is 0 Å². The largest absolute Gasteiger partial charge is 0.481 e. The van der Waals surface area contributed by atoms with Gasteiger partial charge >= 0.3 is 5.97 Å². The maximum absolute atomic E-state index is 13.8. The molecule has 0 radical (unpaired) electrons. The van der Waals surface area contributed by atoms with E-state index in [9.17, 15) is 53.1 Å². The Morgan fingerprint density at radius 1 is 0.712 bits per heavy atom. The maximum atomic E-state index is 13.8. The zero-order valence-electron chi connectivity index (χ0n) is 36.8. The van der Waals surface area contributed by atoms with Crippen molar-refractivity contribution in [2.75, 3.05) is 49.7 Å². The number of aliphatic imine (C=N–C) groups is 1. The van der Waals surface area contributed by atoms with Crippen molar-refractivity contribution in [2.45, 2.75) is 94.2 Å². The molecule has 7 atom stereocenters. The fourth-order valence-corrected chi connectivity index (χ4v) is 7.64. The fourth-order valence-electron chi connectivity index (χ4n) is 6.19. The summed E-state index contributed by atoms with van der Waals surface area (Å²) in [5, 5.41) is 32.5. The van der Waals surface area contributed by atoms with Crippen molar-refractivity contribution < 1.29 is 53.1 Å². The fraction of sp³-hybridized carbons (Fsp3) is 0.575. The van der Waals surface area contributed by atoms with Crippen molar-refractivity contribution in [1.29, 1.82) is 0 Å². The molecule has 2 rings (SSSR count). The quantitative estimate of drug-likeness (QED) is 0.0324. The van der Waals surface area contributed by atoms with Gasteiger partial charge in [0.25, 0.3) is 0 Å². The molecule has 0 saturated carbocycles. The van der Waals surface area contributed by atoms with E-state index in [0.29, 0.717) is 24.9 Å². The summed E-state index contributed by atoms with van der Waals surface area (Å²) in [6, 6.07) is -0.940. The number of benzene rings is 1. The molecule has 23 nitrogen and oxygen atoms in total. The van der Waals surface area contributed by atoms with Crippen LogP contribution < -0.4 is 59.3 Å². The summed E-state index contributed by atoms with van der Waals surface area (Å²) in [7, 11) is 1.76. The molecule has 1 aromatic rings. The number of hydrogen-bond donors (Lipinski definition) is 14. The minimum atomic E-state index is -1.77. The first-order chi connectivity index (χ1) is 31.4. The molecule has 0 aromatic heterocycles. The number of nitrogens with zero attached hydrogens (tertiary/aromatic N) is 1. The van der Waals surface area contributed by atoms with E-state index in [2.05, 4.69) is 78.1 Å². The number of amides is 8. The van der Waals surface area contributed by atoms with Gasteiger partial charge in [-0.3, -0.25) is 52.9 Å². The first-order valence-corrected chi connectivity index (χ1v) is 23.4. The Kier molecular flexibility index (Phi) is 26.2. The van der Waals surface area contributed by atoms with Gasteiger partial charge in [-0.05, 0) is 58.2 Å². The van der Waals surface area contributed by atoms with E-state index in [1.165, 1.54) is 6.92 Å². The number of carbonyl (C=O) groups is 10. The maximum Gasteiger partial charge on any atom is 0.305 e. The van der Waals surface area contributed by atoms with Gasteiger partial charge in [0.1, 0.15) is 36.3 Å². The van der Waals surface area contributed by atoms with Crippen LogP contribution >= 0.6 is 37.0 Å². The van der Waals surface area contributed by atoms with Crippen LogP contribution in [0.3, 0.4) is 0 Å². The number of carboxylic acids is 1. The predicted molar refractivity (Wildman–Crippen MR) is 252 cm³/mol. The highest BCUT2D eigenvalue weighted by Crippen LogP contribution is 2.10. The molecule has 366 valence electrons. The van der Waals surface area contributed by atoms with E-state index in [1.54, 1.807) is 37.4 Å². The van der Waals surface area contributed by atoms with Crippen molar-refractivity contribution >= 4 is 102 Å². The van der Waals surface area contributed by atoms with Gasteiger partial charge in [0.15, 0.2) is 11.7 Å². The second-order valence-electron chi connectivity index (χ2n) is 15.1. The molecule has 0 bridgehead atoms. The molecular weight excluding hydrogens is 921 g/mol. The number of unbranched alkanes of at least 4 members (excludes halogenated alkanes) is 1. The minimum Gasteiger partial charge on any atom is -0.481 e. The van der Waals surface area contributed by atoms with Crippen LogP contribution in [0.5, 0.6) is 0 Å². The third-order valence-electron chi connectivity index (χ3n) is 9.72. The molecule has 66 heavy (non-hydrogen) atoms. The lowest BCUT2D eigenvalue weighted by Gasteiger charge is -2.25. The second-order valence-corrected chi connectivity index (χ2v) is 16.9. The summed E-state index contributed by atoms with van der Waals surface area (Å²) in [5.41, 5.74) is 11.4. The predicted octanol–water partition coefficient (Wildman–Crippen LogP) is -4.15. The topological polar surface area (TPSA) is 364 Å². The third kappa shape index (κ3) is 21.6. The van der Waals surface area contributed by atoms with Gasteiger partial charge < -0.3 is 64.4 Å². The van der Waals surface area contributed by atoms with E-state index in [-0.39, 0.29) is 61.2 Å². The van der Waals surface area contributed by atoms with Crippen LogP contribution in [0.15, 0.2) is 35.3 Å². The molecule has 1 aliphatic rings. The van der Waals surface area contributed by atoms with E-state index < -0.39 is 114 Å². The lowest BCUT2D eigenvalue weighted by molar-refractivity contribution is -0.141. The zero-order chi connectivity index (χ0) is 49.2. The molecule has 1 saturated heterocycles. The molecule has 14 N–H and O–H groups in total. The summed E-state index contributed by atoms with van der Waals surface area (Å²) in [6.45, 7) is 1.10. The van der Waals surface area contributed by atoms with Gasteiger partial charge in [0.2, 0.25) is 47.3 Å². The van der Waals surface area contributed by atoms with Crippen LogP contribution in [0.4, 0.5) is 0 Å². The van der Waals surface area contributed by atoms with Crippen LogP contribution in [0.2, 0.25) is 0 Å². The van der Waals surface area contributed by atoms with Gasteiger partial charge in [-0.15, -0.1) is 11.8 Å². The highest BCUT2D eigenvalue weighted by Gasteiger charge is 2.33. The standard InChI is InChI=1S/C40H62N12O11S3/c1-22(53)30-20-66-21-32(55)46-25(11-6-7-13-43-2)35(59)50-28(18-64)38(62)48-24(12-8-14-44-40(41)42)34(58)45-17-31(54)47-27(16-33(56)57)37(61)51-29(19-65)39(63)49-26(36(60)52-30)15-23-9-4-3-5-10-23/h3-5,9-10,24-30,43,64-65H,6-8,11-21H2,1-2H3,(H,45,58)(H,46,55)(H,47,54)(H,48,62)(H,49,63)(H,50,59)(H,51,61)(H,52,60)(H,56,57)(H4,41,42,44)/t24-,25-,26-,27-,28-,29-,30-/m0/s1. The van der Waals surface area contributed by atoms with Crippen LogP contribution in [0.25, 0.3) is 0 Å². The molecule has 0 spiro atoms. The number of rotatable bonds is 16. The lowest BCUT2D eigenvalue weighted by atomic mass is 10.0. The number of thioether (sulfide) groups is 1. The van der Waals surface area contributed by atoms with Gasteiger partial charge in [-0.2, -0.15) is 25.3 Å². The highest BCUT2D eigenvalue weighted by molar-refractivity contribution is 8.00. The summed E-state index contributed by atoms with van der Waals surface area (Å²) in [4.78, 5) is 137. The number of hydrogen-bond acceptors (Lipinski definition) is 15. The van der Waals surface area contributed by atoms with Crippen molar-refractivity contribution in [3.63, 3.8) is 0 Å². The van der Waals surface area contributed by atoms with Gasteiger partial charge in [-0.1, -0.05) is 30.3 Å². The average Bonchev–Trinajstić information content (AvgIpc) is 3.27. The Morgan fingerprint density at radius 2 is 1.24 bits per heavy atom. The number of nitrogens with one attached hydrogen (secondary N) is 9.